The Hall–Kier alpha value is -3.55. The van der Waals surface area contributed by atoms with Crippen LogP contribution in [-0.2, 0) is 11.4 Å². The number of hydrogen-bond acceptors (Lipinski definition) is 3. The lowest BCUT2D eigenvalue weighted by Gasteiger charge is -2.11. The quantitative estimate of drug-likeness (QED) is 0.391. The van der Waals surface area contributed by atoms with Gasteiger partial charge in [-0.15, -0.1) is 0 Å². The van der Waals surface area contributed by atoms with E-state index in [1.54, 1.807) is 24.3 Å². The standard InChI is InChI=1S/C25H21ClN2O2/c1-17-7-12-23(18(2)13-17)28-25(29)21(15-27)14-20-5-3-4-6-24(20)30-16-19-8-10-22(26)11-9-19/h3-14H,16H2,1-2H3,(H,28,29)/b21-14+. The highest BCUT2D eigenvalue weighted by Crippen LogP contribution is 2.23. The molecule has 0 radical (unpaired) electrons. The van der Waals surface area contributed by atoms with Crippen LogP contribution in [0.15, 0.2) is 72.3 Å². The first-order valence-electron chi connectivity index (χ1n) is 9.43. The van der Waals surface area contributed by atoms with Gasteiger partial charge in [-0.1, -0.05) is 59.6 Å². The Labute approximate surface area is 181 Å². The molecule has 0 atom stereocenters. The first-order chi connectivity index (χ1) is 14.5. The number of nitrogens with one attached hydrogen (secondary N) is 1. The van der Waals surface area contributed by atoms with E-state index in [4.69, 9.17) is 16.3 Å². The fraction of sp³-hybridized carbons (Fsp3) is 0.120. The van der Waals surface area contributed by atoms with E-state index in [-0.39, 0.29) is 5.57 Å². The van der Waals surface area contributed by atoms with E-state index < -0.39 is 5.91 Å². The van der Waals surface area contributed by atoms with E-state index in [0.717, 1.165) is 16.7 Å². The van der Waals surface area contributed by atoms with Gasteiger partial charge in [0.1, 0.15) is 24.0 Å². The van der Waals surface area contributed by atoms with Gasteiger partial charge < -0.3 is 10.1 Å². The first kappa shape index (κ1) is 21.2. The van der Waals surface area contributed by atoms with Crippen LogP contribution in [0, 0.1) is 25.2 Å². The van der Waals surface area contributed by atoms with Crippen LogP contribution in [0.2, 0.25) is 5.02 Å². The molecule has 3 rings (SSSR count). The average Bonchev–Trinajstić information content (AvgIpc) is 2.74. The molecular formula is C25H21ClN2O2. The zero-order valence-corrected chi connectivity index (χ0v) is 17.5. The van der Waals surface area contributed by atoms with Gasteiger partial charge in [0, 0.05) is 16.3 Å². The lowest BCUT2D eigenvalue weighted by atomic mass is 10.1. The maximum atomic E-state index is 12.7. The third kappa shape index (κ3) is 5.50. The monoisotopic (exact) mass is 416 g/mol. The molecule has 0 unspecified atom stereocenters. The molecule has 0 aliphatic carbocycles. The van der Waals surface area contributed by atoms with Gasteiger partial charge in [0.15, 0.2) is 0 Å². The third-order valence-electron chi connectivity index (χ3n) is 4.52. The summed E-state index contributed by atoms with van der Waals surface area (Å²) in [6, 6.07) is 22.4. The Balaban J connectivity index is 1.79. The molecule has 0 aliphatic heterocycles. The average molecular weight is 417 g/mol. The SMILES string of the molecule is Cc1ccc(NC(=O)/C(C#N)=C/c2ccccc2OCc2ccc(Cl)cc2)c(C)c1. The number of carbonyl (C=O) groups is 1. The topological polar surface area (TPSA) is 62.1 Å². The molecular weight excluding hydrogens is 396 g/mol. The van der Waals surface area contributed by atoms with Crippen molar-refractivity contribution < 1.29 is 9.53 Å². The number of amides is 1. The van der Waals surface area contributed by atoms with E-state index in [2.05, 4.69) is 5.32 Å². The predicted octanol–water partition coefficient (Wildman–Crippen LogP) is 6.08. The molecule has 4 nitrogen and oxygen atoms in total. The maximum absolute atomic E-state index is 12.7. The summed E-state index contributed by atoms with van der Waals surface area (Å²) in [5.41, 5.74) is 4.34. The van der Waals surface area contributed by atoms with Crippen molar-refractivity contribution in [2.75, 3.05) is 5.32 Å². The highest BCUT2D eigenvalue weighted by Gasteiger charge is 2.12. The Morgan fingerprint density at radius 2 is 1.83 bits per heavy atom. The third-order valence-corrected chi connectivity index (χ3v) is 4.77. The number of nitrogens with zero attached hydrogens (tertiary/aromatic N) is 1. The normalized spacial score (nSPS) is 10.9. The van der Waals surface area contributed by atoms with E-state index in [1.807, 2.05) is 62.4 Å². The van der Waals surface area contributed by atoms with Gasteiger partial charge in [0.2, 0.25) is 0 Å². The van der Waals surface area contributed by atoms with Crippen molar-refractivity contribution in [1.82, 2.24) is 0 Å². The molecule has 0 bridgehead atoms. The number of rotatable bonds is 6. The van der Waals surface area contributed by atoms with Crippen LogP contribution in [0.3, 0.4) is 0 Å². The Kier molecular flexibility index (Phi) is 6.90. The Morgan fingerprint density at radius 1 is 1.10 bits per heavy atom. The summed E-state index contributed by atoms with van der Waals surface area (Å²) < 4.78 is 5.91. The molecule has 0 heterocycles. The second-order valence-electron chi connectivity index (χ2n) is 6.90. The summed E-state index contributed by atoms with van der Waals surface area (Å²) in [6.07, 6.45) is 1.54. The van der Waals surface area contributed by atoms with Crippen molar-refractivity contribution >= 4 is 29.3 Å². The van der Waals surface area contributed by atoms with Crippen LogP contribution in [0.5, 0.6) is 5.75 Å². The molecule has 150 valence electrons. The van der Waals surface area contributed by atoms with Crippen LogP contribution in [0.1, 0.15) is 22.3 Å². The van der Waals surface area contributed by atoms with Gasteiger partial charge in [0.25, 0.3) is 5.91 Å². The van der Waals surface area contributed by atoms with Crippen molar-refractivity contribution in [3.63, 3.8) is 0 Å². The van der Waals surface area contributed by atoms with E-state index in [0.29, 0.717) is 28.6 Å². The minimum atomic E-state index is -0.461. The molecule has 3 aromatic carbocycles. The van der Waals surface area contributed by atoms with Crippen molar-refractivity contribution in [3.8, 4) is 11.8 Å². The zero-order valence-electron chi connectivity index (χ0n) is 16.8. The fourth-order valence-corrected chi connectivity index (χ4v) is 3.05. The van der Waals surface area contributed by atoms with Crippen LogP contribution >= 0.6 is 11.6 Å². The second kappa shape index (κ2) is 9.78. The number of ether oxygens (including phenoxy) is 1. The summed E-state index contributed by atoms with van der Waals surface area (Å²) >= 11 is 5.92. The van der Waals surface area contributed by atoms with Gasteiger partial charge >= 0.3 is 0 Å². The largest absolute Gasteiger partial charge is 0.488 e. The van der Waals surface area contributed by atoms with Crippen molar-refractivity contribution in [2.45, 2.75) is 20.5 Å². The van der Waals surface area contributed by atoms with Crippen molar-refractivity contribution in [2.24, 2.45) is 0 Å². The van der Waals surface area contributed by atoms with Gasteiger partial charge in [0.05, 0.1) is 0 Å². The number of hydrogen-bond donors (Lipinski definition) is 1. The van der Waals surface area contributed by atoms with Gasteiger partial charge in [-0.25, -0.2) is 0 Å². The number of aryl methyl sites for hydroxylation is 2. The number of carbonyl (C=O) groups excluding carboxylic acids is 1. The Bertz CT molecular complexity index is 1130. The number of benzene rings is 3. The van der Waals surface area contributed by atoms with Crippen LogP contribution in [0.25, 0.3) is 6.08 Å². The highest BCUT2D eigenvalue weighted by atomic mass is 35.5. The summed E-state index contributed by atoms with van der Waals surface area (Å²) in [5, 5.41) is 13.0. The first-order valence-corrected chi connectivity index (χ1v) is 9.81. The van der Waals surface area contributed by atoms with Gasteiger partial charge in [-0.2, -0.15) is 5.26 Å². The molecule has 30 heavy (non-hydrogen) atoms. The predicted molar refractivity (Wildman–Crippen MR) is 120 cm³/mol. The number of anilines is 1. The van der Waals surface area contributed by atoms with Crippen LogP contribution < -0.4 is 10.1 Å². The van der Waals surface area contributed by atoms with E-state index >= 15 is 0 Å². The molecule has 1 amide bonds. The Morgan fingerprint density at radius 3 is 2.53 bits per heavy atom. The minimum absolute atomic E-state index is 0.00230. The number of para-hydroxylation sites is 1. The maximum Gasteiger partial charge on any atom is 0.266 e. The van der Waals surface area contributed by atoms with Crippen molar-refractivity contribution in [1.29, 1.82) is 5.26 Å². The smallest absolute Gasteiger partial charge is 0.266 e. The molecule has 1 N–H and O–H groups in total. The van der Waals surface area contributed by atoms with Gasteiger partial charge in [-0.05, 0) is 55.3 Å². The molecule has 5 heteroatoms. The lowest BCUT2D eigenvalue weighted by Crippen LogP contribution is -2.14. The summed E-state index contributed by atoms with van der Waals surface area (Å²) in [4.78, 5) is 12.7. The zero-order chi connectivity index (χ0) is 21.5. The van der Waals surface area contributed by atoms with Crippen molar-refractivity contribution in [3.05, 3.63) is 99.6 Å². The van der Waals surface area contributed by atoms with Crippen LogP contribution in [0.4, 0.5) is 5.69 Å². The summed E-state index contributed by atoms with van der Waals surface area (Å²) in [6.45, 7) is 4.25. The summed E-state index contributed by atoms with van der Waals surface area (Å²) in [5.74, 6) is 0.122. The lowest BCUT2D eigenvalue weighted by molar-refractivity contribution is -0.112. The van der Waals surface area contributed by atoms with Crippen LogP contribution in [-0.4, -0.2) is 5.91 Å². The molecule has 0 fully saturated rings. The highest BCUT2D eigenvalue weighted by molar-refractivity contribution is 6.30. The fourth-order valence-electron chi connectivity index (χ4n) is 2.92. The van der Waals surface area contributed by atoms with Gasteiger partial charge in [-0.3, -0.25) is 4.79 Å². The molecule has 3 aromatic rings. The number of nitriles is 1. The second-order valence-corrected chi connectivity index (χ2v) is 7.33. The molecule has 0 saturated carbocycles. The summed E-state index contributed by atoms with van der Waals surface area (Å²) in [7, 11) is 0. The molecule has 0 aromatic heterocycles. The molecule has 0 saturated heterocycles. The minimum Gasteiger partial charge on any atom is -0.488 e. The molecule has 0 spiro atoms. The van der Waals surface area contributed by atoms with E-state index in [1.165, 1.54) is 6.08 Å². The molecule has 0 aliphatic rings. The number of halogens is 1. The van der Waals surface area contributed by atoms with E-state index in [9.17, 15) is 10.1 Å².